The van der Waals surface area contributed by atoms with Crippen LogP contribution in [0, 0.1) is 0 Å². The van der Waals surface area contributed by atoms with E-state index in [9.17, 15) is 4.79 Å². The minimum Gasteiger partial charge on any atom is -0.476 e. The molecule has 1 unspecified atom stereocenters. The first kappa shape index (κ1) is 9.71. The van der Waals surface area contributed by atoms with Crippen LogP contribution in [-0.4, -0.2) is 20.9 Å². The van der Waals surface area contributed by atoms with Crippen molar-refractivity contribution in [1.82, 2.24) is 9.78 Å². The molecule has 0 saturated heterocycles. The molecule has 0 radical (unpaired) electrons. The second-order valence-electron chi connectivity index (χ2n) is 3.64. The van der Waals surface area contributed by atoms with Gasteiger partial charge in [-0.05, 0) is 0 Å². The Labute approximate surface area is 96.2 Å². The van der Waals surface area contributed by atoms with Crippen molar-refractivity contribution in [2.45, 2.75) is 6.17 Å². The van der Waals surface area contributed by atoms with E-state index in [0.29, 0.717) is 5.82 Å². The molecule has 2 heterocycles. The summed E-state index contributed by atoms with van der Waals surface area (Å²) in [6.07, 6.45) is -0.362. The van der Waals surface area contributed by atoms with Crippen LogP contribution in [0.15, 0.2) is 46.6 Å². The Hall–Kier alpha value is -2.50. The summed E-state index contributed by atoms with van der Waals surface area (Å²) in [5, 5.41) is 20.8. The number of benzene rings is 1. The van der Waals surface area contributed by atoms with Gasteiger partial charge in [0.1, 0.15) is 0 Å². The average Bonchev–Trinajstić information content (AvgIpc) is 2.89. The molecule has 6 nitrogen and oxygen atoms in total. The fraction of sp³-hybridized carbons (Fsp3) is 0.0909. The Morgan fingerprint density at radius 1 is 1.29 bits per heavy atom. The summed E-state index contributed by atoms with van der Waals surface area (Å²) in [7, 11) is 0. The van der Waals surface area contributed by atoms with Gasteiger partial charge in [-0.3, -0.25) is 0 Å². The van der Waals surface area contributed by atoms with Gasteiger partial charge in [0, 0.05) is 11.6 Å². The zero-order chi connectivity index (χ0) is 11.8. The zero-order valence-corrected chi connectivity index (χ0v) is 8.69. The van der Waals surface area contributed by atoms with Gasteiger partial charge >= 0.3 is 5.97 Å². The first-order valence-corrected chi connectivity index (χ1v) is 5.04. The molecule has 0 fully saturated rings. The van der Waals surface area contributed by atoms with Crippen molar-refractivity contribution in [3.8, 4) is 0 Å². The summed E-state index contributed by atoms with van der Waals surface area (Å²) in [5.74, 6) is -0.592. The van der Waals surface area contributed by atoms with Crippen molar-refractivity contribution in [3.63, 3.8) is 0 Å². The lowest BCUT2D eigenvalue weighted by atomic mass is 10.2. The summed E-state index contributed by atoms with van der Waals surface area (Å²) in [6, 6.07) is 10.9. The summed E-state index contributed by atoms with van der Waals surface area (Å²) in [6.45, 7) is 0. The second-order valence-corrected chi connectivity index (χ2v) is 3.64. The van der Waals surface area contributed by atoms with Gasteiger partial charge in [0.2, 0.25) is 0 Å². The number of aromatic nitrogens is 2. The third kappa shape index (κ3) is 1.50. The molecule has 1 N–H and O–H groups in total. The summed E-state index contributed by atoms with van der Waals surface area (Å²) < 4.78 is 1.51. The van der Waals surface area contributed by atoms with Crippen LogP contribution in [0.5, 0.6) is 0 Å². The van der Waals surface area contributed by atoms with Gasteiger partial charge in [0.25, 0.3) is 0 Å². The molecule has 0 spiro atoms. The number of carboxylic acid groups (broad SMARTS) is 1. The number of fused-ring (bicyclic) bond motifs is 1. The quantitative estimate of drug-likeness (QED) is 0.855. The Kier molecular flexibility index (Phi) is 2.01. The molecule has 1 aromatic carbocycles. The van der Waals surface area contributed by atoms with Gasteiger partial charge in [-0.15, -0.1) is 5.11 Å². The molecular weight excluding hydrogens is 220 g/mol. The molecule has 3 rings (SSSR count). The molecule has 1 aliphatic rings. The molecule has 84 valence electrons. The Balaban J connectivity index is 2.04. The average molecular weight is 228 g/mol. The van der Waals surface area contributed by atoms with Gasteiger partial charge < -0.3 is 5.11 Å². The van der Waals surface area contributed by atoms with E-state index in [-0.39, 0.29) is 11.9 Å². The van der Waals surface area contributed by atoms with E-state index in [4.69, 9.17) is 5.11 Å². The Morgan fingerprint density at radius 2 is 2.06 bits per heavy atom. The molecular formula is C11H8N4O2. The van der Waals surface area contributed by atoms with E-state index in [1.165, 1.54) is 10.7 Å². The number of carboxylic acids is 1. The van der Waals surface area contributed by atoms with Gasteiger partial charge in [-0.25, -0.2) is 9.48 Å². The lowest BCUT2D eigenvalue weighted by molar-refractivity contribution is 0.0689. The molecule has 1 atom stereocenters. The fourth-order valence-electron chi connectivity index (χ4n) is 1.74. The highest BCUT2D eigenvalue weighted by Crippen LogP contribution is 2.32. The largest absolute Gasteiger partial charge is 0.476 e. The van der Waals surface area contributed by atoms with Crippen molar-refractivity contribution in [2.75, 3.05) is 0 Å². The predicted molar refractivity (Wildman–Crippen MR) is 58.3 cm³/mol. The number of nitrogens with zero attached hydrogens (tertiary/aromatic N) is 4. The molecule has 0 aliphatic carbocycles. The van der Waals surface area contributed by atoms with Crippen molar-refractivity contribution < 1.29 is 9.90 Å². The first-order chi connectivity index (χ1) is 8.25. The van der Waals surface area contributed by atoms with Gasteiger partial charge in [0.05, 0.1) is 0 Å². The normalized spacial score (nSPS) is 17.1. The molecule has 1 aromatic heterocycles. The molecule has 1 aliphatic heterocycles. The number of azo groups is 1. The highest BCUT2D eigenvalue weighted by atomic mass is 16.4. The number of aromatic carboxylic acids is 1. The van der Waals surface area contributed by atoms with Crippen molar-refractivity contribution in [1.29, 1.82) is 0 Å². The first-order valence-electron chi connectivity index (χ1n) is 5.04. The summed E-state index contributed by atoms with van der Waals surface area (Å²) >= 11 is 0. The van der Waals surface area contributed by atoms with Crippen LogP contribution in [0.2, 0.25) is 0 Å². The number of rotatable bonds is 2. The van der Waals surface area contributed by atoms with E-state index < -0.39 is 5.97 Å². The van der Waals surface area contributed by atoms with E-state index in [1.54, 1.807) is 0 Å². The lowest BCUT2D eigenvalue weighted by Gasteiger charge is -2.07. The van der Waals surface area contributed by atoms with E-state index >= 15 is 0 Å². The molecule has 0 saturated carbocycles. The predicted octanol–water partition coefficient (Wildman–Crippen LogP) is 2.23. The standard InChI is InChI=1S/C11H8N4O2/c16-11(17)8-6-9-12-13-10(15(9)14-8)7-4-2-1-3-5-7/h1-6,10H,(H,16,17). The van der Waals surface area contributed by atoms with Crippen LogP contribution in [0.25, 0.3) is 0 Å². The Bertz CT molecular complexity index is 603. The van der Waals surface area contributed by atoms with E-state index in [2.05, 4.69) is 15.3 Å². The van der Waals surface area contributed by atoms with Crippen LogP contribution in [0.4, 0.5) is 5.82 Å². The number of hydrogen-bond donors (Lipinski definition) is 1. The highest BCUT2D eigenvalue weighted by molar-refractivity contribution is 5.86. The topological polar surface area (TPSA) is 79.8 Å². The zero-order valence-electron chi connectivity index (χ0n) is 8.69. The monoisotopic (exact) mass is 228 g/mol. The minimum atomic E-state index is -1.06. The summed E-state index contributed by atoms with van der Waals surface area (Å²) in [4.78, 5) is 10.8. The lowest BCUT2D eigenvalue weighted by Crippen LogP contribution is -2.07. The van der Waals surface area contributed by atoms with Crippen molar-refractivity contribution >= 4 is 11.8 Å². The fourth-order valence-corrected chi connectivity index (χ4v) is 1.74. The molecule has 6 heteroatoms. The van der Waals surface area contributed by atoms with Gasteiger partial charge in [-0.1, -0.05) is 30.3 Å². The molecule has 0 bridgehead atoms. The Morgan fingerprint density at radius 3 is 2.76 bits per heavy atom. The molecule has 2 aromatic rings. The van der Waals surface area contributed by atoms with E-state index in [0.717, 1.165) is 5.56 Å². The maximum absolute atomic E-state index is 10.8. The third-order valence-corrected chi connectivity index (χ3v) is 2.53. The number of carbonyl (C=O) groups is 1. The van der Waals surface area contributed by atoms with Crippen LogP contribution in [0.3, 0.4) is 0 Å². The molecule has 0 amide bonds. The maximum Gasteiger partial charge on any atom is 0.356 e. The molecule has 17 heavy (non-hydrogen) atoms. The number of hydrogen-bond acceptors (Lipinski definition) is 4. The van der Waals surface area contributed by atoms with Crippen LogP contribution in [-0.2, 0) is 0 Å². The third-order valence-electron chi connectivity index (χ3n) is 2.53. The van der Waals surface area contributed by atoms with Crippen molar-refractivity contribution in [2.24, 2.45) is 10.2 Å². The van der Waals surface area contributed by atoms with Crippen LogP contribution < -0.4 is 0 Å². The van der Waals surface area contributed by atoms with Crippen LogP contribution in [0.1, 0.15) is 22.2 Å². The van der Waals surface area contributed by atoms with Crippen LogP contribution >= 0.6 is 0 Å². The summed E-state index contributed by atoms with van der Waals surface area (Å²) in [5.41, 5.74) is 0.912. The SMILES string of the molecule is O=C(O)c1cc2n(n1)C(c1ccccc1)N=N2. The minimum absolute atomic E-state index is 0.0143. The highest BCUT2D eigenvalue weighted by Gasteiger charge is 2.25. The van der Waals surface area contributed by atoms with E-state index in [1.807, 2.05) is 30.3 Å². The second kappa shape index (κ2) is 3.51. The smallest absolute Gasteiger partial charge is 0.356 e. The van der Waals surface area contributed by atoms with Gasteiger partial charge in [0.15, 0.2) is 17.7 Å². The van der Waals surface area contributed by atoms with Gasteiger partial charge in [-0.2, -0.15) is 10.2 Å². The maximum atomic E-state index is 10.8. The van der Waals surface area contributed by atoms with Crippen molar-refractivity contribution in [3.05, 3.63) is 47.7 Å².